The van der Waals surface area contributed by atoms with E-state index in [0.717, 1.165) is 11.3 Å². The predicted molar refractivity (Wildman–Crippen MR) is 124 cm³/mol. The van der Waals surface area contributed by atoms with Crippen LogP contribution in [0, 0.1) is 6.92 Å². The van der Waals surface area contributed by atoms with Gasteiger partial charge in [0.05, 0.1) is 27.7 Å². The Kier molecular flexibility index (Phi) is 5.48. The Balaban J connectivity index is 1.29. The van der Waals surface area contributed by atoms with Gasteiger partial charge in [-0.25, -0.2) is 9.78 Å². The van der Waals surface area contributed by atoms with Gasteiger partial charge in [-0.05, 0) is 32.3 Å². The Morgan fingerprint density at radius 2 is 1.88 bits per heavy atom. The zero-order valence-electron chi connectivity index (χ0n) is 18.9. The fourth-order valence-corrected chi connectivity index (χ4v) is 5.44. The minimum atomic E-state index is -0.286. The van der Waals surface area contributed by atoms with Crippen LogP contribution in [0.2, 0.25) is 5.02 Å². The van der Waals surface area contributed by atoms with Crippen LogP contribution < -0.4 is 0 Å². The summed E-state index contributed by atoms with van der Waals surface area (Å²) in [6.07, 6.45) is 2.34. The third-order valence-corrected chi connectivity index (χ3v) is 7.18. The van der Waals surface area contributed by atoms with Crippen LogP contribution >= 0.6 is 11.6 Å². The Morgan fingerprint density at radius 3 is 2.58 bits per heavy atom. The molecule has 8 nitrogen and oxygen atoms in total. The van der Waals surface area contributed by atoms with E-state index >= 15 is 0 Å². The normalized spacial score (nSPS) is 21.6. The average Bonchev–Trinajstić information content (AvgIpc) is 3.29. The van der Waals surface area contributed by atoms with Crippen molar-refractivity contribution in [2.24, 2.45) is 7.05 Å². The SMILES string of the molecule is Cc1nn(C)c2ncc(C(=O)N3CCC(N4C(=O)O[C@@H](c5ccccc5)[C@H]4C)CC3)c(Cl)c12. The number of benzene rings is 1. The molecule has 3 aromatic rings. The smallest absolute Gasteiger partial charge is 0.411 e. The average molecular weight is 468 g/mol. The van der Waals surface area contributed by atoms with Crippen molar-refractivity contribution in [2.45, 2.75) is 44.9 Å². The number of hydrogen-bond acceptors (Lipinski definition) is 5. The van der Waals surface area contributed by atoms with E-state index in [0.29, 0.717) is 47.6 Å². The second kappa shape index (κ2) is 8.33. The largest absolute Gasteiger partial charge is 0.439 e. The van der Waals surface area contributed by atoms with Gasteiger partial charge in [-0.15, -0.1) is 0 Å². The number of carbonyl (C=O) groups is 2. The molecule has 0 spiro atoms. The number of hydrogen-bond donors (Lipinski definition) is 0. The van der Waals surface area contributed by atoms with Crippen molar-refractivity contribution in [3.8, 4) is 0 Å². The Morgan fingerprint density at radius 1 is 1.18 bits per heavy atom. The molecular weight excluding hydrogens is 442 g/mol. The molecule has 2 atom stereocenters. The van der Waals surface area contributed by atoms with Crippen LogP contribution in [0.3, 0.4) is 0 Å². The summed E-state index contributed by atoms with van der Waals surface area (Å²) in [7, 11) is 1.80. The lowest BCUT2D eigenvalue weighted by atomic mass is 9.98. The number of nitrogens with zero attached hydrogens (tertiary/aromatic N) is 5. The Labute approximate surface area is 197 Å². The molecule has 0 saturated carbocycles. The molecule has 5 rings (SSSR count). The maximum absolute atomic E-state index is 13.2. The molecular formula is C24H26ClN5O3. The van der Waals surface area contributed by atoms with Gasteiger partial charge in [0.25, 0.3) is 5.91 Å². The first-order valence-corrected chi connectivity index (χ1v) is 11.6. The number of carbonyl (C=O) groups excluding carboxylic acids is 2. The van der Waals surface area contributed by atoms with Crippen LogP contribution in [0.15, 0.2) is 36.5 Å². The summed E-state index contributed by atoms with van der Waals surface area (Å²) in [5.41, 5.74) is 2.78. The lowest BCUT2D eigenvalue weighted by molar-refractivity contribution is 0.0640. The first-order valence-electron chi connectivity index (χ1n) is 11.2. The van der Waals surface area contributed by atoms with Crippen molar-refractivity contribution in [3.05, 3.63) is 58.4 Å². The topological polar surface area (TPSA) is 80.6 Å². The maximum Gasteiger partial charge on any atom is 0.411 e. The number of fused-ring (bicyclic) bond motifs is 1. The fourth-order valence-electron chi connectivity index (χ4n) is 5.09. The molecule has 2 amide bonds. The highest BCUT2D eigenvalue weighted by Gasteiger charge is 2.44. The number of likely N-dealkylation sites (tertiary alicyclic amines) is 1. The van der Waals surface area contributed by atoms with Crippen LogP contribution in [-0.4, -0.2) is 61.7 Å². The highest BCUT2D eigenvalue weighted by Crippen LogP contribution is 2.36. The molecule has 33 heavy (non-hydrogen) atoms. The van der Waals surface area contributed by atoms with E-state index in [1.165, 1.54) is 6.20 Å². The number of rotatable bonds is 3. The maximum atomic E-state index is 13.2. The van der Waals surface area contributed by atoms with Gasteiger partial charge in [-0.3, -0.25) is 14.4 Å². The van der Waals surface area contributed by atoms with Crippen LogP contribution in [0.5, 0.6) is 0 Å². The molecule has 0 N–H and O–H groups in total. The zero-order chi connectivity index (χ0) is 23.3. The van der Waals surface area contributed by atoms with Crippen molar-refractivity contribution in [1.29, 1.82) is 0 Å². The van der Waals surface area contributed by atoms with E-state index in [2.05, 4.69) is 10.1 Å². The molecule has 0 bridgehead atoms. The summed E-state index contributed by atoms with van der Waals surface area (Å²) in [6.45, 7) is 4.96. The van der Waals surface area contributed by atoms with Crippen LogP contribution in [0.25, 0.3) is 11.0 Å². The molecule has 0 unspecified atom stereocenters. The summed E-state index contributed by atoms with van der Waals surface area (Å²) < 4.78 is 7.37. The van der Waals surface area contributed by atoms with Crippen LogP contribution in [0.1, 0.15) is 47.5 Å². The molecule has 2 aliphatic rings. The third-order valence-electron chi connectivity index (χ3n) is 6.78. The van der Waals surface area contributed by atoms with Gasteiger partial charge in [0, 0.05) is 32.4 Å². The Bertz CT molecular complexity index is 1220. The summed E-state index contributed by atoms with van der Waals surface area (Å²) >= 11 is 6.61. The molecule has 9 heteroatoms. The van der Waals surface area contributed by atoms with E-state index < -0.39 is 0 Å². The van der Waals surface area contributed by atoms with Gasteiger partial charge in [0.2, 0.25) is 0 Å². The molecule has 2 saturated heterocycles. The number of aromatic nitrogens is 3. The number of amides is 2. The lowest BCUT2D eigenvalue weighted by Gasteiger charge is -2.37. The van der Waals surface area contributed by atoms with Gasteiger partial charge in [0.15, 0.2) is 5.65 Å². The van der Waals surface area contributed by atoms with Gasteiger partial charge in [-0.2, -0.15) is 5.10 Å². The molecule has 2 fully saturated rings. The molecule has 2 aliphatic heterocycles. The summed E-state index contributed by atoms with van der Waals surface area (Å²) in [5.74, 6) is -0.143. The molecule has 1 aromatic carbocycles. The third kappa shape index (κ3) is 3.62. The highest BCUT2D eigenvalue weighted by atomic mass is 35.5. The summed E-state index contributed by atoms with van der Waals surface area (Å²) in [6, 6.07) is 9.78. The second-order valence-corrected chi connectivity index (χ2v) is 9.16. The van der Waals surface area contributed by atoms with E-state index in [1.54, 1.807) is 16.6 Å². The number of aryl methyl sites for hydroxylation is 2. The number of cyclic esters (lactones) is 1. The Hall–Kier alpha value is -3.13. The van der Waals surface area contributed by atoms with Gasteiger partial charge in [-0.1, -0.05) is 41.9 Å². The minimum Gasteiger partial charge on any atom is -0.439 e. The molecule has 2 aromatic heterocycles. The highest BCUT2D eigenvalue weighted by molar-refractivity contribution is 6.38. The first-order chi connectivity index (χ1) is 15.9. The minimum absolute atomic E-state index is 0.0295. The van der Waals surface area contributed by atoms with Crippen molar-refractivity contribution >= 4 is 34.6 Å². The monoisotopic (exact) mass is 467 g/mol. The van der Waals surface area contributed by atoms with E-state index in [1.807, 2.05) is 49.1 Å². The van der Waals surface area contributed by atoms with Crippen molar-refractivity contribution in [1.82, 2.24) is 24.6 Å². The van der Waals surface area contributed by atoms with Gasteiger partial charge < -0.3 is 9.64 Å². The summed E-state index contributed by atoms with van der Waals surface area (Å²) in [4.78, 5) is 34.0. The van der Waals surface area contributed by atoms with E-state index in [-0.39, 0.29) is 30.2 Å². The van der Waals surface area contributed by atoms with Gasteiger partial charge in [0.1, 0.15) is 6.10 Å². The number of ether oxygens (including phenoxy) is 1. The fraction of sp³-hybridized carbons (Fsp3) is 0.417. The van der Waals surface area contributed by atoms with E-state index in [4.69, 9.17) is 16.3 Å². The van der Waals surface area contributed by atoms with E-state index in [9.17, 15) is 9.59 Å². The second-order valence-electron chi connectivity index (χ2n) is 8.78. The molecule has 172 valence electrons. The lowest BCUT2D eigenvalue weighted by Crippen LogP contribution is -2.49. The van der Waals surface area contributed by atoms with Crippen molar-refractivity contribution in [3.63, 3.8) is 0 Å². The number of piperidine rings is 1. The quantitative estimate of drug-likeness (QED) is 0.579. The predicted octanol–water partition coefficient (Wildman–Crippen LogP) is 4.12. The molecule has 0 aliphatic carbocycles. The molecule has 4 heterocycles. The number of pyridine rings is 1. The van der Waals surface area contributed by atoms with Crippen LogP contribution in [-0.2, 0) is 11.8 Å². The number of halogens is 1. The molecule has 0 radical (unpaired) electrons. The zero-order valence-corrected chi connectivity index (χ0v) is 19.6. The van der Waals surface area contributed by atoms with Gasteiger partial charge >= 0.3 is 6.09 Å². The van der Waals surface area contributed by atoms with Crippen molar-refractivity contribution in [2.75, 3.05) is 13.1 Å². The first kappa shape index (κ1) is 21.7. The van der Waals surface area contributed by atoms with Crippen molar-refractivity contribution < 1.29 is 14.3 Å². The summed E-state index contributed by atoms with van der Waals surface area (Å²) in [5, 5.41) is 5.45. The standard InChI is InChI=1S/C24H26ClN5O3/c1-14-19-20(25)18(13-26-22(19)28(3)27-14)23(31)29-11-9-17(10-12-29)30-15(2)21(33-24(30)32)16-7-5-4-6-8-16/h4-8,13,15,17,21H,9-12H2,1-3H3/t15-,21-/m1/s1. The van der Waals surface area contributed by atoms with Crippen LogP contribution in [0.4, 0.5) is 4.79 Å².